The number of fused-ring (bicyclic) bond motifs is 1. The molecule has 1 aromatic carbocycles. The van der Waals surface area contributed by atoms with Crippen LogP contribution in [-0.2, 0) is 0 Å². The molecule has 0 aliphatic heterocycles. The van der Waals surface area contributed by atoms with Crippen molar-refractivity contribution in [1.82, 2.24) is 0 Å². The third-order valence-electron chi connectivity index (χ3n) is 1.70. The van der Waals surface area contributed by atoms with Crippen LogP contribution in [0.2, 0.25) is 0 Å². The van der Waals surface area contributed by atoms with Crippen LogP contribution in [0.4, 0.5) is 0 Å². The molecule has 0 unspecified atom stereocenters. The van der Waals surface area contributed by atoms with Crippen LogP contribution in [0.5, 0.6) is 5.75 Å². The van der Waals surface area contributed by atoms with Gasteiger partial charge < -0.3 is 9.52 Å². The zero-order valence-corrected chi connectivity index (χ0v) is 6.11. The Morgan fingerprint density at radius 1 is 1.42 bits per heavy atom. The molecule has 58 valence electrons. The quantitative estimate of drug-likeness (QED) is 0.639. The fourth-order valence-electron chi connectivity index (χ4n) is 1.15. The maximum atomic E-state index is 9.36. The zero-order valence-electron chi connectivity index (χ0n) is 6.11. The first-order valence-electron chi connectivity index (χ1n) is 3.42. The largest absolute Gasteiger partial charge is 0.507 e. The summed E-state index contributed by atoms with van der Waals surface area (Å²) in [4.78, 5) is 0. The van der Waals surface area contributed by atoms with Gasteiger partial charge in [-0.25, -0.2) is 0 Å². The third kappa shape index (κ3) is 0.753. The number of benzene rings is 1. The average Bonchev–Trinajstić information content (AvgIpc) is 2.49. The molecule has 0 aliphatic carbocycles. The lowest BCUT2D eigenvalue weighted by Crippen LogP contribution is -1.70. The van der Waals surface area contributed by atoms with Crippen LogP contribution >= 0.6 is 0 Å². The molecule has 0 bridgehead atoms. The second-order valence-electron chi connectivity index (χ2n) is 2.41. The van der Waals surface area contributed by atoms with Crippen LogP contribution in [0.3, 0.4) is 0 Å². The highest BCUT2D eigenvalue weighted by molar-refractivity contribution is 5.89. The van der Waals surface area contributed by atoms with E-state index in [1.54, 1.807) is 12.1 Å². The molecule has 1 heterocycles. The van der Waals surface area contributed by atoms with E-state index in [4.69, 9.17) is 9.68 Å². The van der Waals surface area contributed by atoms with Crippen LogP contribution in [0.25, 0.3) is 11.0 Å². The maximum Gasteiger partial charge on any atom is 0.138 e. The zero-order chi connectivity index (χ0) is 8.55. The Labute approximate surface area is 68.5 Å². The van der Waals surface area contributed by atoms with Crippen molar-refractivity contribution in [1.29, 1.82) is 5.26 Å². The van der Waals surface area contributed by atoms with Gasteiger partial charge in [0.05, 0.1) is 5.39 Å². The van der Waals surface area contributed by atoms with Gasteiger partial charge >= 0.3 is 0 Å². The minimum absolute atomic E-state index is 0.0813. The fourth-order valence-corrected chi connectivity index (χ4v) is 1.15. The van der Waals surface area contributed by atoms with E-state index < -0.39 is 0 Å². The number of phenols is 1. The molecule has 0 spiro atoms. The monoisotopic (exact) mass is 159 g/mol. The topological polar surface area (TPSA) is 57.2 Å². The fraction of sp³-hybridized carbons (Fsp3) is 0. The summed E-state index contributed by atoms with van der Waals surface area (Å²) >= 11 is 0. The molecule has 0 saturated carbocycles. The van der Waals surface area contributed by atoms with E-state index >= 15 is 0 Å². The van der Waals surface area contributed by atoms with E-state index in [-0.39, 0.29) is 5.75 Å². The van der Waals surface area contributed by atoms with Gasteiger partial charge in [-0.3, -0.25) is 0 Å². The van der Waals surface area contributed by atoms with Crippen molar-refractivity contribution in [2.75, 3.05) is 0 Å². The van der Waals surface area contributed by atoms with Crippen molar-refractivity contribution in [3.05, 3.63) is 30.0 Å². The summed E-state index contributed by atoms with van der Waals surface area (Å²) in [6.07, 6.45) is 1.34. The lowest BCUT2D eigenvalue weighted by Gasteiger charge is -1.91. The molecule has 0 amide bonds. The first-order chi connectivity index (χ1) is 5.83. The number of hydrogen-bond donors (Lipinski definition) is 1. The van der Waals surface area contributed by atoms with Crippen molar-refractivity contribution in [3.63, 3.8) is 0 Å². The van der Waals surface area contributed by atoms with Gasteiger partial charge in [-0.2, -0.15) is 5.26 Å². The van der Waals surface area contributed by atoms with Crippen molar-refractivity contribution in [3.8, 4) is 11.8 Å². The number of aromatic hydroxyl groups is 1. The first-order valence-corrected chi connectivity index (χ1v) is 3.42. The van der Waals surface area contributed by atoms with Gasteiger partial charge in [0, 0.05) is 0 Å². The van der Waals surface area contributed by atoms with Gasteiger partial charge in [0.1, 0.15) is 29.2 Å². The van der Waals surface area contributed by atoms with Gasteiger partial charge in [0.15, 0.2) is 0 Å². The van der Waals surface area contributed by atoms with E-state index in [0.29, 0.717) is 16.5 Å². The Kier molecular flexibility index (Phi) is 1.28. The van der Waals surface area contributed by atoms with Gasteiger partial charge in [-0.05, 0) is 12.1 Å². The second-order valence-corrected chi connectivity index (χ2v) is 2.41. The number of furan rings is 1. The lowest BCUT2D eigenvalue weighted by molar-refractivity contribution is 0.481. The molecule has 12 heavy (non-hydrogen) atoms. The van der Waals surface area contributed by atoms with Crippen LogP contribution in [0, 0.1) is 11.3 Å². The van der Waals surface area contributed by atoms with Crippen LogP contribution in [0.1, 0.15) is 5.56 Å². The summed E-state index contributed by atoms with van der Waals surface area (Å²) in [7, 11) is 0. The molecular formula is C9H5NO2. The average molecular weight is 159 g/mol. The van der Waals surface area contributed by atoms with Gasteiger partial charge in [0.25, 0.3) is 0 Å². The molecule has 0 atom stereocenters. The molecule has 0 fully saturated rings. The smallest absolute Gasteiger partial charge is 0.138 e. The summed E-state index contributed by atoms with van der Waals surface area (Å²) in [5.74, 6) is 0.0813. The minimum atomic E-state index is 0.0813. The van der Waals surface area contributed by atoms with Crippen LogP contribution in [0.15, 0.2) is 28.9 Å². The Morgan fingerprint density at radius 3 is 3.00 bits per heavy atom. The lowest BCUT2D eigenvalue weighted by atomic mass is 10.2. The molecule has 3 heteroatoms. The van der Waals surface area contributed by atoms with Crippen molar-refractivity contribution < 1.29 is 9.52 Å². The molecular weight excluding hydrogens is 154 g/mol. The van der Waals surface area contributed by atoms with E-state index in [1.165, 1.54) is 12.3 Å². The van der Waals surface area contributed by atoms with E-state index in [9.17, 15) is 5.11 Å². The molecule has 3 nitrogen and oxygen atoms in total. The van der Waals surface area contributed by atoms with Crippen LogP contribution < -0.4 is 0 Å². The second kappa shape index (κ2) is 2.28. The van der Waals surface area contributed by atoms with E-state index in [0.717, 1.165) is 0 Å². The third-order valence-corrected chi connectivity index (χ3v) is 1.70. The number of nitrogens with zero attached hydrogens (tertiary/aromatic N) is 1. The Morgan fingerprint density at radius 2 is 2.25 bits per heavy atom. The Bertz CT molecular complexity index is 465. The molecule has 1 aromatic heterocycles. The Hall–Kier alpha value is -1.95. The highest BCUT2D eigenvalue weighted by atomic mass is 16.3. The minimum Gasteiger partial charge on any atom is -0.507 e. The van der Waals surface area contributed by atoms with Gasteiger partial charge in [-0.15, -0.1) is 0 Å². The van der Waals surface area contributed by atoms with Crippen LogP contribution in [-0.4, -0.2) is 5.11 Å². The van der Waals surface area contributed by atoms with Crippen molar-refractivity contribution in [2.45, 2.75) is 0 Å². The van der Waals surface area contributed by atoms with Crippen molar-refractivity contribution >= 4 is 11.0 Å². The highest BCUT2D eigenvalue weighted by Crippen LogP contribution is 2.28. The van der Waals surface area contributed by atoms with E-state index in [1.807, 2.05) is 6.07 Å². The summed E-state index contributed by atoms with van der Waals surface area (Å²) in [5.41, 5.74) is 0.898. The number of hydrogen-bond acceptors (Lipinski definition) is 3. The number of nitriles is 1. The van der Waals surface area contributed by atoms with Crippen molar-refractivity contribution in [2.24, 2.45) is 0 Å². The predicted octanol–water partition coefficient (Wildman–Crippen LogP) is 2.01. The summed E-state index contributed by atoms with van der Waals surface area (Å²) in [6.45, 7) is 0. The van der Waals surface area contributed by atoms with Gasteiger partial charge in [0.2, 0.25) is 0 Å². The normalized spacial score (nSPS) is 9.92. The molecule has 1 N–H and O–H groups in total. The SMILES string of the molecule is N#Cc1coc2cccc(O)c12. The predicted molar refractivity (Wildman–Crippen MR) is 42.6 cm³/mol. The summed E-state index contributed by atoms with van der Waals surface area (Å²) in [5, 5.41) is 18.5. The standard InChI is InChI=1S/C9H5NO2/c10-4-6-5-12-8-3-1-2-7(11)9(6)8/h1-3,5,11H. The van der Waals surface area contributed by atoms with Gasteiger partial charge in [-0.1, -0.05) is 6.07 Å². The number of rotatable bonds is 0. The molecule has 2 aromatic rings. The highest BCUT2D eigenvalue weighted by Gasteiger charge is 2.08. The van der Waals surface area contributed by atoms with E-state index in [2.05, 4.69) is 0 Å². The number of phenolic OH excluding ortho intramolecular Hbond substituents is 1. The summed E-state index contributed by atoms with van der Waals surface area (Å²) in [6, 6.07) is 6.84. The molecule has 0 aliphatic rings. The first kappa shape index (κ1) is 6.74. The molecule has 0 radical (unpaired) electrons. The molecule has 2 rings (SSSR count). The Balaban J connectivity index is 2.95. The summed E-state index contributed by atoms with van der Waals surface area (Å²) < 4.78 is 5.04. The maximum absolute atomic E-state index is 9.36. The molecule has 0 saturated heterocycles.